The van der Waals surface area contributed by atoms with Gasteiger partial charge in [0.25, 0.3) is 5.91 Å². The second kappa shape index (κ2) is 8.66. The Balaban J connectivity index is 1.72. The number of halogens is 2. The highest BCUT2D eigenvalue weighted by Gasteiger charge is 2.24. The van der Waals surface area contributed by atoms with Crippen molar-refractivity contribution in [1.82, 2.24) is 4.98 Å². The van der Waals surface area contributed by atoms with Gasteiger partial charge in [0.05, 0.1) is 24.6 Å². The van der Waals surface area contributed by atoms with E-state index in [-0.39, 0.29) is 12.5 Å². The number of benzene rings is 1. The van der Waals surface area contributed by atoms with E-state index in [4.69, 9.17) is 10.5 Å². The minimum absolute atomic E-state index is 0.0468. The highest BCUT2D eigenvalue weighted by molar-refractivity contribution is 6.05. The van der Waals surface area contributed by atoms with Crippen LogP contribution in [0.15, 0.2) is 66.0 Å². The van der Waals surface area contributed by atoms with Crippen molar-refractivity contribution in [1.29, 1.82) is 0 Å². The molecule has 0 saturated carbocycles. The zero-order chi connectivity index (χ0) is 19.2. The van der Waals surface area contributed by atoms with E-state index in [0.29, 0.717) is 29.8 Å². The third kappa shape index (κ3) is 4.84. The summed E-state index contributed by atoms with van der Waals surface area (Å²) in [4.78, 5) is 16.6. The van der Waals surface area contributed by atoms with Crippen LogP contribution >= 0.6 is 0 Å². The number of rotatable bonds is 6. The van der Waals surface area contributed by atoms with Crippen LogP contribution in [-0.4, -0.2) is 23.5 Å². The molecule has 1 aliphatic carbocycles. The first kappa shape index (κ1) is 18.9. The molecule has 140 valence electrons. The standard InChI is InChI=1S/C20H19F2N3O2/c21-17-5-3-14(9-18(17)22)12-27-19-6-4-13(10-23)8-16(19)20(26)25-15-2-1-7-24-11-15/h1-5,7-9,11,19H,6,10,12,23H2,(H,25,26). The molecule has 3 N–H and O–H groups in total. The molecular weight excluding hydrogens is 352 g/mol. The molecule has 0 spiro atoms. The van der Waals surface area contributed by atoms with Crippen molar-refractivity contribution in [2.24, 2.45) is 5.73 Å². The monoisotopic (exact) mass is 371 g/mol. The molecule has 1 aromatic heterocycles. The van der Waals surface area contributed by atoms with Gasteiger partial charge in [0.2, 0.25) is 0 Å². The Morgan fingerprint density at radius 3 is 2.85 bits per heavy atom. The topological polar surface area (TPSA) is 77.2 Å². The maximum atomic E-state index is 13.4. The Kier molecular flexibility index (Phi) is 6.05. The summed E-state index contributed by atoms with van der Waals surface area (Å²) in [5, 5.41) is 2.77. The average molecular weight is 371 g/mol. The van der Waals surface area contributed by atoms with Gasteiger partial charge in [-0.2, -0.15) is 0 Å². The van der Waals surface area contributed by atoms with Gasteiger partial charge in [-0.05, 0) is 47.9 Å². The van der Waals surface area contributed by atoms with E-state index < -0.39 is 17.7 Å². The van der Waals surface area contributed by atoms with Crippen LogP contribution in [-0.2, 0) is 16.1 Å². The third-order valence-corrected chi connectivity index (χ3v) is 4.13. The van der Waals surface area contributed by atoms with E-state index >= 15 is 0 Å². The number of nitrogens with zero attached hydrogens (tertiary/aromatic N) is 1. The molecule has 0 bridgehead atoms. The van der Waals surface area contributed by atoms with E-state index in [1.807, 2.05) is 6.08 Å². The number of nitrogens with two attached hydrogens (primary N) is 1. The predicted molar refractivity (Wildman–Crippen MR) is 97.6 cm³/mol. The van der Waals surface area contributed by atoms with Gasteiger partial charge in [-0.3, -0.25) is 9.78 Å². The minimum atomic E-state index is -0.935. The molecule has 0 saturated heterocycles. The van der Waals surface area contributed by atoms with Crippen molar-refractivity contribution in [3.8, 4) is 0 Å². The number of anilines is 1. The number of carbonyl (C=O) groups is 1. The minimum Gasteiger partial charge on any atom is -0.368 e. The number of carbonyl (C=O) groups excluding carboxylic acids is 1. The lowest BCUT2D eigenvalue weighted by atomic mass is 9.95. The van der Waals surface area contributed by atoms with Crippen LogP contribution in [0.25, 0.3) is 0 Å². The Labute approximate surface area is 155 Å². The van der Waals surface area contributed by atoms with E-state index in [0.717, 1.165) is 17.7 Å². The van der Waals surface area contributed by atoms with Crippen LogP contribution in [0.1, 0.15) is 12.0 Å². The number of hydrogen-bond donors (Lipinski definition) is 2. The maximum Gasteiger partial charge on any atom is 0.254 e. The Morgan fingerprint density at radius 1 is 1.30 bits per heavy atom. The molecule has 27 heavy (non-hydrogen) atoms. The molecule has 1 amide bonds. The average Bonchev–Trinajstić information content (AvgIpc) is 2.69. The summed E-state index contributed by atoms with van der Waals surface area (Å²) < 4.78 is 32.2. The summed E-state index contributed by atoms with van der Waals surface area (Å²) in [5.41, 5.74) is 7.98. The number of pyridine rings is 1. The maximum absolute atomic E-state index is 13.4. The van der Waals surface area contributed by atoms with Gasteiger partial charge in [0, 0.05) is 18.3 Å². The largest absolute Gasteiger partial charge is 0.368 e. The molecule has 2 aromatic rings. The fourth-order valence-electron chi connectivity index (χ4n) is 2.72. The number of amides is 1. The van der Waals surface area contributed by atoms with Crippen LogP contribution in [0.3, 0.4) is 0 Å². The zero-order valence-electron chi connectivity index (χ0n) is 14.5. The summed E-state index contributed by atoms with van der Waals surface area (Å²) in [7, 11) is 0. The highest BCUT2D eigenvalue weighted by Crippen LogP contribution is 2.23. The van der Waals surface area contributed by atoms with Crippen LogP contribution in [0.2, 0.25) is 0 Å². The first-order chi connectivity index (χ1) is 13.1. The number of ether oxygens (including phenoxy) is 1. The lowest BCUT2D eigenvalue weighted by Gasteiger charge is -2.23. The van der Waals surface area contributed by atoms with Crippen molar-refractivity contribution in [3.05, 3.63) is 83.2 Å². The molecular formula is C20H19F2N3O2. The van der Waals surface area contributed by atoms with E-state index in [9.17, 15) is 13.6 Å². The molecule has 0 aliphatic heterocycles. The number of hydrogen-bond acceptors (Lipinski definition) is 4. The smallest absolute Gasteiger partial charge is 0.254 e. The van der Waals surface area contributed by atoms with Crippen LogP contribution in [0.4, 0.5) is 14.5 Å². The normalized spacial score (nSPS) is 16.5. The van der Waals surface area contributed by atoms with Crippen LogP contribution < -0.4 is 11.1 Å². The molecule has 0 fully saturated rings. The fourth-order valence-corrected chi connectivity index (χ4v) is 2.72. The lowest BCUT2D eigenvalue weighted by Crippen LogP contribution is -2.28. The summed E-state index contributed by atoms with van der Waals surface area (Å²) in [6, 6.07) is 7.02. The molecule has 5 nitrogen and oxygen atoms in total. The van der Waals surface area contributed by atoms with E-state index in [1.54, 1.807) is 24.4 Å². The third-order valence-electron chi connectivity index (χ3n) is 4.13. The van der Waals surface area contributed by atoms with Gasteiger partial charge in [0.15, 0.2) is 11.6 Å². The summed E-state index contributed by atoms with van der Waals surface area (Å²) >= 11 is 0. The molecule has 1 heterocycles. The number of nitrogens with one attached hydrogen (secondary N) is 1. The first-order valence-electron chi connectivity index (χ1n) is 8.44. The van der Waals surface area contributed by atoms with Crippen molar-refractivity contribution >= 4 is 11.6 Å². The molecule has 3 rings (SSSR count). The molecule has 0 radical (unpaired) electrons. The molecule has 1 unspecified atom stereocenters. The highest BCUT2D eigenvalue weighted by atomic mass is 19.2. The van der Waals surface area contributed by atoms with Crippen molar-refractivity contribution in [2.75, 3.05) is 11.9 Å². The van der Waals surface area contributed by atoms with Gasteiger partial charge in [-0.15, -0.1) is 0 Å². The quantitative estimate of drug-likeness (QED) is 0.818. The van der Waals surface area contributed by atoms with Gasteiger partial charge < -0.3 is 15.8 Å². The van der Waals surface area contributed by atoms with E-state index in [1.165, 1.54) is 12.3 Å². The lowest BCUT2D eigenvalue weighted by molar-refractivity contribution is -0.114. The fraction of sp³-hybridized carbons (Fsp3) is 0.200. The Morgan fingerprint density at radius 2 is 2.15 bits per heavy atom. The van der Waals surface area contributed by atoms with Crippen LogP contribution in [0.5, 0.6) is 0 Å². The Hall–Kier alpha value is -2.90. The van der Waals surface area contributed by atoms with E-state index in [2.05, 4.69) is 10.3 Å². The molecule has 7 heteroatoms. The summed E-state index contributed by atoms with van der Waals surface area (Å²) in [5.74, 6) is -2.17. The van der Waals surface area contributed by atoms with Gasteiger partial charge >= 0.3 is 0 Å². The van der Waals surface area contributed by atoms with Crippen molar-refractivity contribution in [2.45, 2.75) is 19.1 Å². The van der Waals surface area contributed by atoms with Gasteiger partial charge in [-0.25, -0.2) is 8.78 Å². The Bertz CT molecular complexity index is 882. The number of aromatic nitrogens is 1. The molecule has 1 aromatic carbocycles. The molecule has 1 aliphatic rings. The second-order valence-electron chi connectivity index (χ2n) is 6.06. The SMILES string of the molecule is NCC1=CCC(OCc2ccc(F)c(F)c2)C(C(=O)Nc2cccnc2)=C1. The first-order valence-corrected chi connectivity index (χ1v) is 8.44. The second-order valence-corrected chi connectivity index (χ2v) is 6.06. The summed E-state index contributed by atoms with van der Waals surface area (Å²) in [6.07, 6.45) is 6.69. The van der Waals surface area contributed by atoms with Gasteiger partial charge in [-0.1, -0.05) is 12.1 Å². The zero-order valence-corrected chi connectivity index (χ0v) is 14.5. The van der Waals surface area contributed by atoms with Crippen molar-refractivity contribution < 1.29 is 18.3 Å². The molecule has 1 atom stereocenters. The summed E-state index contributed by atoms with van der Waals surface area (Å²) in [6.45, 7) is 0.352. The predicted octanol–water partition coefficient (Wildman–Crippen LogP) is 3.10. The van der Waals surface area contributed by atoms with Crippen molar-refractivity contribution in [3.63, 3.8) is 0 Å². The van der Waals surface area contributed by atoms with Gasteiger partial charge in [0.1, 0.15) is 0 Å². The van der Waals surface area contributed by atoms with Crippen LogP contribution in [0, 0.1) is 11.6 Å².